The number of benzene rings is 1. The third-order valence-electron chi connectivity index (χ3n) is 2.89. The molecule has 1 saturated heterocycles. The predicted octanol–water partition coefficient (Wildman–Crippen LogP) is 0.931. The normalized spacial score (nSPS) is 19.2. The number of anilines is 1. The van der Waals surface area contributed by atoms with E-state index in [1.807, 2.05) is 0 Å². The van der Waals surface area contributed by atoms with Gasteiger partial charge in [0.05, 0.1) is 16.3 Å². The molecule has 0 aliphatic carbocycles. The first-order chi connectivity index (χ1) is 8.59. The van der Waals surface area contributed by atoms with E-state index in [1.165, 1.54) is 0 Å². The quantitative estimate of drug-likeness (QED) is 0.697. The Kier molecular flexibility index (Phi) is 3.72. The van der Waals surface area contributed by atoms with E-state index in [0.29, 0.717) is 23.6 Å². The molecule has 0 aromatic heterocycles. The van der Waals surface area contributed by atoms with Gasteiger partial charge in [0.15, 0.2) is 0 Å². The molecule has 1 heterocycles. The van der Waals surface area contributed by atoms with E-state index in [1.54, 1.807) is 18.2 Å². The number of halogens is 1. The summed E-state index contributed by atoms with van der Waals surface area (Å²) < 4.78 is 0. The van der Waals surface area contributed by atoms with E-state index in [-0.39, 0.29) is 17.5 Å². The molecule has 0 spiro atoms. The molecule has 5 nitrogen and oxygen atoms in total. The Morgan fingerprint density at radius 2 is 2.28 bits per heavy atom. The SMILES string of the molecule is Nc1c(Cl)cccc1C(=O)NC1CCCNC1=O. The van der Waals surface area contributed by atoms with Crippen LogP contribution in [-0.4, -0.2) is 24.4 Å². The van der Waals surface area contributed by atoms with Crippen LogP contribution in [0.25, 0.3) is 0 Å². The fourth-order valence-corrected chi connectivity index (χ4v) is 2.06. The number of nitrogen functional groups attached to an aromatic ring is 1. The van der Waals surface area contributed by atoms with Gasteiger partial charge in [-0.3, -0.25) is 9.59 Å². The van der Waals surface area contributed by atoms with Gasteiger partial charge in [0, 0.05) is 6.54 Å². The molecule has 96 valence electrons. The second-order valence-corrected chi connectivity index (χ2v) is 4.57. The first-order valence-electron chi connectivity index (χ1n) is 5.72. The Morgan fingerprint density at radius 3 is 3.00 bits per heavy atom. The number of para-hydroxylation sites is 1. The monoisotopic (exact) mass is 267 g/mol. The summed E-state index contributed by atoms with van der Waals surface area (Å²) in [4.78, 5) is 23.5. The Labute approximate surface area is 110 Å². The van der Waals surface area contributed by atoms with Crippen molar-refractivity contribution in [2.24, 2.45) is 0 Å². The molecular weight excluding hydrogens is 254 g/mol. The smallest absolute Gasteiger partial charge is 0.254 e. The van der Waals surface area contributed by atoms with Gasteiger partial charge in [0.1, 0.15) is 6.04 Å². The number of piperidine rings is 1. The minimum absolute atomic E-state index is 0.157. The third-order valence-corrected chi connectivity index (χ3v) is 3.22. The number of carbonyl (C=O) groups excluding carboxylic acids is 2. The molecule has 2 rings (SSSR count). The molecule has 4 N–H and O–H groups in total. The van der Waals surface area contributed by atoms with Crippen molar-refractivity contribution in [3.63, 3.8) is 0 Å². The van der Waals surface area contributed by atoms with E-state index >= 15 is 0 Å². The van der Waals surface area contributed by atoms with Gasteiger partial charge in [-0.1, -0.05) is 17.7 Å². The lowest BCUT2D eigenvalue weighted by atomic mass is 10.1. The zero-order valence-electron chi connectivity index (χ0n) is 9.70. The van der Waals surface area contributed by atoms with Crippen LogP contribution in [0.5, 0.6) is 0 Å². The van der Waals surface area contributed by atoms with Crippen LogP contribution in [-0.2, 0) is 4.79 Å². The highest BCUT2D eigenvalue weighted by molar-refractivity contribution is 6.34. The van der Waals surface area contributed by atoms with Gasteiger partial charge in [0.25, 0.3) is 5.91 Å². The molecule has 1 aliphatic heterocycles. The fourth-order valence-electron chi connectivity index (χ4n) is 1.88. The fraction of sp³-hybridized carbons (Fsp3) is 0.333. The van der Waals surface area contributed by atoms with Gasteiger partial charge >= 0.3 is 0 Å². The summed E-state index contributed by atoms with van der Waals surface area (Å²) in [6, 6.07) is 4.34. The molecule has 1 fully saturated rings. The Bertz CT molecular complexity index is 490. The van der Waals surface area contributed by atoms with E-state index in [0.717, 1.165) is 6.42 Å². The highest BCUT2D eigenvalue weighted by Gasteiger charge is 2.24. The minimum Gasteiger partial charge on any atom is -0.397 e. The summed E-state index contributed by atoms with van der Waals surface area (Å²) >= 11 is 5.85. The first-order valence-corrected chi connectivity index (χ1v) is 6.10. The molecule has 2 amide bonds. The Morgan fingerprint density at radius 1 is 1.50 bits per heavy atom. The number of rotatable bonds is 2. The molecule has 0 saturated carbocycles. The van der Waals surface area contributed by atoms with E-state index in [4.69, 9.17) is 17.3 Å². The molecular formula is C12H14ClN3O2. The van der Waals surface area contributed by atoms with Gasteiger partial charge in [-0.05, 0) is 25.0 Å². The molecule has 18 heavy (non-hydrogen) atoms. The lowest BCUT2D eigenvalue weighted by molar-refractivity contribution is -0.124. The van der Waals surface area contributed by atoms with Crippen molar-refractivity contribution in [1.29, 1.82) is 0 Å². The number of amides is 2. The number of nitrogens with two attached hydrogens (primary N) is 1. The minimum atomic E-state index is -0.496. The summed E-state index contributed by atoms with van der Waals surface area (Å²) in [5.74, 6) is -0.535. The maximum Gasteiger partial charge on any atom is 0.254 e. The van der Waals surface area contributed by atoms with Gasteiger partial charge in [-0.15, -0.1) is 0 Å². The van der Waals surface area contributed by atoms with Crippen LogP contribution in [0.2, 0.25) is 5.02 Å². The second-order valence-electron chi connectivity index (χ2n) is 4.16. The topological polar surface area (TPSA) is 84.2 Å². The average molecular weight is 268 g/mol. The third kappa shape index (κ3) is 2.56. The van der Waals surface area contributed by atoms with Crippen molar-refractivity contribution in [2.45, 2.75) is 18.9 Å². The van der Waals surface area contributed by atoms with Crippen molar-refractivity contribution < 1.29 is 9.59 Å². The second kappa shape index (κ2) is 5.27. The predicted molar refractivity (Wildman–Crippen MR) is 69.4 cm³/mol. The average Bonchev–Trinajstić information content (AvgIpc) is 2.35. The van der Waals surface area contributed by atoms with Crippen LogP contribution in [0.3, 0.4) is 0 Å². The van der Waals surface area contributed by atoms with Crippen LogP contribution in [0.4, 0.5) is 5.69 Å². The van der Waals surface area contributed by atoms with Crippen molar-refractivity contribution in [2.75, 3.05) is 12.3 Å². The van der Waals surface area contributed by atoms with E-state index < -0.39 is 6.04 Å². The van der Waals surface area contributed by atoms with Crippen LogP contribution < -0.4 is 16.4 Å². The number of carbonyl (C=O) groups is 2. The summed E-state index contributed by atoms with van der Waals surface area (Å²) in [6.45, 7) is 0.657. The largest absolute Gasteiger partial charge is 0.397 e. The van der Waals surface area contributed by atoms with Crippen molar-refractivity contribution in [1.82, 2.24) is 10.6 Å². The Hall–Kier alpha value is -1.75. The standard InChI is InChI=1S/C12H14ClN3O2/c13-8-4-1-3-7(10(8)14)11(17)16-9-5-2-6-15-12(9)18/h1,3-4,9H,2,5-6,14H2,(H,15,18)(H,16,17). The van der Waals surface area contributed by atoms with Crippen molar-refractivity contribution in [3.8, 4) is 0 Å². The van der Waals surface area contributed by atoms with Gasteiger partial charge in [-0.2, -0.15) is 0 Å². The summed E-state index contributed by atoms with van der Waals surface area (Å²) in [7, 11) is 0. The number of hydrogen-bond acceptors (Lipinski definition) is 3. The lowest BCUT2D eigenvalue weighted by Crippen LogP contribution is -2.50. The maximum atomic E-state index is 12.0. The first kappa shape index (κ1) is 12.7. The molecule has 1 atom stereocenters. The molecule has 1 unspecified atom stereocenters. The van der Waals surface area contributed by atoms with E-state index in [9.17, 15) is 9.59 Å². The zero-order chi connectivity index (χ0) is 13.1. The summed E-state index contributed by atoms with van der Waals surface area (Å²) in [5.41, 5.74) is 6.25. The highest BCUT2D eigenvalue weighted by Crippen LogP contribution is 2.22. The number of nitrogens with one attached hydrogen (secondary N) is 2. The van der Waals surface area contributed by atoms with Gasteiger partial charge in [0.2, 0.25) is 5.91 Å². The summed E-state index contributed by atoms with van der Waals surface area (Å²) in [6.07, 6.45) is 1.49. The molecule has 1 aromatic carbocycles. The molecule has 0 bridgehead atoms. The lowest BCUT2D eigenvalue weighted by Gasteiger charge is -2.23. The van der Waals surface area contributed by atoms with Crippen LogP contribution >= 0.6 is 11.6 Å². The summed E-state index contributed by atoms with van der Waals surface area (Å²) in [5, 5.41) is 5.70. The van der Waals surface area contributed by atoms with Crippen LogP contribution in [0.15, 0.2) is 18.2 Å². The molecule has 1 aliphatic rings. The molecule has 0 radical (unpaired) electrons. The Balaban J connectivity index is 2.12. The molecule has 1 aromatic rings. The molecule has 6 heteroatoms. The van der Waals surface area contributed by atoms with E-state index in [2.05, 4.69) is 10.6 Å². The maximum absolute atomic E-state index is 12.0. The van der Waals surface area contributed by atoms with Crippen LogP contribution in [0, 0.1) is 0 Å². The van der Waals surface area contributed by atoms with Crippen molar-refractivity contribution in [3.05, 3.63) is 28.8 Å². The van der Waals surface area contributed by atoms with Gasteiger partial charge < -0.3 is 16.4 Å². The van der Waals surface area contributed by atoms with Crippen LogP contribution in [0.1, 0.15) is 23.2 Å². The zero-order valence-corrected chi connectivity index (χ0v) is 10.5. The van der Waals surface area contributed by atoms with Gasteiger partial charge in [-0.25, -0.2) is 0 Å². The number of hydrogen-bond donors (Lipinski definition) is 3. The van der Waals surface area contributed by atoms with Crippen molar-refractivity contribution >= 4 is 29.1 Å². The highest BCUT2D eigenvalue weighted by atomic mass is 35.5.